The van der Waals surface area contributed by atoms with Crippen molar-refractivity contribution in [3.05, 3.63) is 0 Å². The monoisotopic (exact) mass is 216 g/mol. The smallest absolute Gasteiger partial charge is 0.212 e. The molecular weight excluding hydrogens is 210 g/mol. The number of halogens is 3. The molecular formula is C6H7ClF2O2S. The molecule has 0 saturated heterocycles. The van der Waals surface area contributed by atoms with Crippen LogP contribution in [0.25, 0.3) is 0 Å². The molecule has 0 N–H and O–H groups in total. The van der Waals surface area contributed by atoms with Crippen molar-refractivity contribution < 1.29 is 17.2 Å². The maximum Gasteiger partial charge on any atom is 0.254 e. The third kappa shape index (κ3) is 0.988. The molecule has 1 spiro atoms. The Morgan fingerprint density at radius 2 is 1.75 bits per heavy atom. The summed E-state index contributed by atoms with van der Waals surface area (Å²) in [5.41, 5.74) is -1.00. The normalized spacial score (nSPS) is 44.1. The van der Waals surface area contributed by atoms with Crippen molar-refractivity contribution in [1.29, 1.82) is 0 Å². The molecule has 2 fully saturated rings. The summed E-state index contributed by atoms with van der Waals surface area (Å²) in [5, 5.41) is -0.743. The molecule has 0 atom stereocenters. The summed E-state index contributed by atoms with van der Waals surface area (Å²) in [6, 6.07) is 0. The van der Waals surface area contributed by atoms with Crippen molar-refractivity contribution in [2.45, 2.75) is 30.4 Å². The second-order valence-corrected chi connectivity index (χ2v) is 6.58. The van der Waals surface area contributed by atoms with E-state index >= 15 is 0 Å². The fraction of sp³-hybridized carbons (Fsp3) is 1.00. The SMILES string of the molecule is O=S(=O)(Cl)C1CC2(C1)CC2(F)F. The van der Waals surface area contributed by atoms with E-state index in [9.17, 15) is 17.2 Å². The van der Waals surface area contributed by atoms with Gasteiger partial charge >= 0.3 is 0 Å². The topological polar surface area (TPSA) is 34.1 Å². The van der Waals surface area contributed by atoms with Crippen molar-refractivity contribution in [1.82, 2.24) is 0 Å². The van der Waals surface area contributed by atoms with Crippen LogP contribution in [-0.2, 0) is 9.05 Å². The van der Waals surface area contributed by atoms with Crippen molar-refractivity contribution in [2.24, 2.45) is 5.41 Å². The molecule has 0 aromatic heterocycles. The van der Waals surface area contributed by atoms with Gasteiger partial charge in [0.05, 0.1) is 5.25 Å². The molecule has 0 radical (unpaired) electrons. The van der Waals surface area contributed by atoms with Crippen LogP contribution in [0.1, 0.15) is 19.3 Å². The number of rotatable bonds is 1. The zero-order chi connectivity index (χ0) is 9.20. The van der Waals surface area contributed by atoms with Crippen molar-refractivity contribution in [2.75, 3.05) is 0 Å². The number of alkyl halides is 2. The average molecular weight is 217 g/mol. The van der Waals surface area contributed by atoms with Crippen LogP contribution < -0.4 is 0 Å². The quantitative estimate of drug-likeness (QED) is 0.626. The Hall–Kier alpha value is 0.1000. The second-order valence-electron chi connectivity index (χ2n) is 3.67. The lowest BCUT2D eigenvalue weighted by molar-refractivity contribution is 0.0321. The van der Waals surface area contributed by atoms with E-state index in [-0.39, 0.29) is 19.3 Å². The predicted octanol–water partition coefficient (Wildman–Crippen LogP) is 1.74. The van der Waals surface area contributed by atoms with Crippen LogP contribution >= 0.6 is 10.7 Å². The van der Waals surface area contributed by atoms with Crippen LogP contribution in [0.15, 0.2) is 0 Å². The lowest BCUT2D eigenvalue weighted by Gasteiger charge is -2.33. The molecule has 0 aromatic carbocycles. The highest BCUT2D eigenvalue weighted by Gasteiger charge is 2.77. The largest absolute Gasteiger partial charge is 0.254 e. The molecule has 2 aliphatic carbocycles. The van der Waals surface area contributed by atoms with E-state index in [0.29, 0.717) is 0 Å². The first kappa shape index (κ1) is 8.69. The molecule has 2 aliphatic rings. The molecule has 2 rings (SSSR count). The molecule has 0 aromatic rings. The first-order valence-corrected chi connectivity index (χ1v) is 5.95. The van der Waals surface area contributed by atoms with Crippen LogP contribution in [-0.4, -0.2) is 19.6 Å². The predicted molar refractivity (Wildman–Crippen MR) is 39.8 cm³/mol. The van der Waals surface area contributed by atoms with Gasteiger partial charge in [-0.2, -0.15) is 0 Å². The van der Waals surface area contributed by atoms with E-state index in [4.69, 9.17) is 10.7 Å². The highest BCUT2D eigenvalue weighted by atomic mass is 35.7. The van der Waals surface area contributed by atoms with Gasteiger partial charge in [-0.15, -0.1) is 0 Å². The standard InChI is InChI=1S/C6H7ClF2O2S/c7-12(10,11)4-1-5(2-4)3-6(5,8)9/h4H,1-3H2. The third-order valence-corrected chi connectivity index (χ3v) is 4.73. The summed E-state index contributed by atoms with van der Waals surface area (Å²) in [6.45, 7) is 0. The lowest BCUT2D eigenvalue weighted by Crippen LogP contribution is -2.38. The molecule has 0 heterocycles. The van der Waals surface area contributed by atoms with Gasteiger partial charge in [0.1, 0.15) is 0 Å². The summed E-state index contributed by atoms with van der Waals surface area (Å²) in [4.78, 5) is 0. The number of hydrogen-bond donors (Lipinski definition) is 0. The van der Waals surface area contributed by atoms with Crippen molar-refractivity contribution in [3.63, 3.8) is 0 Å². The summed E-state index contributed by atoms with van der Waals surface area (Å²) >= 11 is 0. The molecule has 6 heteroatoms. The first-order valence-electron chi connectivity index (χ1n) is 3.58. The average Bonchev–Trinajstić information content (AvgIpc) is 2.27. The molecule has 0 unspecified atom stereocenters. The molecule has 0 bridgehead atoms. The molecule has 12 heavy (non-hydrogen) atoms. The van der Waals surface area contributed by atoms with Crippen LogP contribution in [0.2, 0.25) is 0 Å². The minimum atomic E-state index is -3.61. The molecule has 70 valence electrons. The molecule has 0 amide bonds. The van der Waals surface area contributed by atoms with Gasteiger partial charge < -0.3 is 0 Å². The zero-order valence-electron chi connectivity index (χ0n) is 6.06. The van der Waals surface area contributed by atoms with E-state index in [1.54, 1.807) is 0 Å². The van der Waals surface area contributed by atoms with Gasteiger partial charge in [-0.05, 0) is 12.8 Å². The molecule has 2 nitrogen and oxygen atoms in total. The van der Waals surface area contributed by atoms with Crippen LogP contribution in [0.5, 0.6) is 0 Å². The Bertz CT molecular complexity index is 318. The van der Waals surface area contributed by atoms with Crippen LogP contribution in [0.3, 0.4) is 0 Å². The highest BCUT2D eigenvalue weighted by Crippen LogP contribution is 2.72. The summed E-state index contributed by atoms with van der Waals surface area (Å²) in [7, 11) is 1.40. The maximum absolute atomic E-state index is 12.6. The number of hydrogen-bond acceptors (Lipinski definition) is 2. The van der Waals surface area contributed by atoms with Gasteiger partial charge in [0, 0.05) is 22.5 Å². The Morgan fingerprint density at radius 3 is 2.00 bits per heavy atom. The Balaban J connectivity index is 2.03. The fourth-order valence-electron chi connectivity index (χ4n) is 1.83. The fourth-order valence-corrected chi connectivity index (χ4v) is 3.25. The Labute approximate surface area is 73.3 Å². The second kappa shape index (κ2) is 1.95. The summed E-state index contributed by atoms with van der Waals surface area (Å²) < 4.78 is 46.4. The summed E-state index contributed by atoms with van der Waals surface area (Å²) in [5.74, 6) is -2.63. The van der Waals surface area contributed by atoms with Gasteiger partial charge in [0.25, 0.3) is 5.92 Å². The molecule has 0 aliphatic heterocycles. The van der Waals surface area contributed by atoms with Crippen molar-refractivity contribution in [3.8, 4) is 0 Å². The van der Waals surface area contributed by atoms with E-state index in [2.05, 4.69) is 0 Å². The van der Waals surface area contributed by atoms with Gasteiger partial charge in [-0.25, -0.2) is 17.2 Å². The van der Waals surface area contributed by atoms with Gasteiger partial charge in [0.2, 0.25) is 9.05 Å². The van der Waals surface area contributed by atoms with Gasteiger partial charge in [0.15, 0.2) is 0 Å². The van der Waals surface area contributed by atoms with Crippen LogP contribution in [0.4, 0.5) is 8.78 Å². The minimum absolute atomic E-state index is 0.0336. The Morgan fingerprint density at radius 1 is 1.33 bits per heavy atom. The van der Waals surface area contributed by atoms with Crippen LogP contribution in [0, 0.1) is 5.41 Å². The zero-order valence-corrected chi connectivity index (χ0v) is 7.63. The van der Waals surface area contributed by atoms with Gasteiger partial charge in [-0.1, -0.05) is 0 Å². The lowest BCUT2D eigenvalue weighted by atomic mass is 9.80. The highest BCUT2D eigenvalue weighted by molar-refractivity contribution is 8.14. The summed E-state index contributed by atoms with van der Waals surface area (Å²) in [6.07, 6.45) is -0.0967. The van der Waals surface area contributed by atoms with E-state index in [0.717, 1.165) is 0 Å². The van der Waals surface area contributed by atoms with Crippen molar-refractivity contribution >= 4 is 19.7 Å². The Kier molecular flexibility index (Phi) is 1.41. The maximum atomic E-state index is 12.6. The van der Waals surface area contributed by atoms with E-state index < -0.39 is 25.6 Å². The molecule has 2 saturated carbocycles. The minimum Gasteiger partial charge on any atom is -0.212 e. The first-order chi connectivity index (χ1) is 5.27. The van der Waals surface area contributed by atoms with E-state index in [1.165, 1.54) is 0 Å². The third-order valence-electron chi connectivity index (χ3n) is 2.85. The van der Waals surface area contributed by atoms with Gasteiger partial charge in [-0.3, -0.25) is 0 Å². The van der Waals surface area contributed by atoms with E-state index in [1.807, 2.05) is 0 Å².